The number of halogens is 2. The minimum absolute atomic E-state index is 0.0269. The third-order valence-electron chi connectivity index (χ3n) is 3.08. The van der Waals surface area contributed by atoms with Gasteiger partial charge >= 0.3 is 0 Å². The molecular weight excluding hydrogens is 279 g/mol. The summed E-state index contributed by atoms with van der Waals surface area (Å²) < 4.78 is 39.3. The molecule has 1 aromatic rings. The largest absolute Gasteiger partial charge is 0.329 e. The molecule has 0 spiro atoms. The van der Waals surface area contributed by atoms with Gasteiger partial charge in [0.1, 0.15) is 10.7 Å². The molecule has 1 atom stereocenters. The van der Waals surface area contributed by atoms with Gasteiger partial charge in [0.2, 0.25) is 10.0 Å². The molecule has 0 bridgehead atoms. The molecule has 1 aliphatic rings. The predicted octanol–water partition coefficient (Wildman–Crippen LogP) is 1.59. The maximum Gasteiger partial charge on any atom is 0.244 e. The molecule has 7 heteroatoms. The van der Waals surface area contributed by atoms with Gasteiger partial charge in [0, 0.05) is 19.1 Å². The van der Waals surface area contributed by atoms with Crippen LogP contribution in [0.25, 0.3) is 0 Å². The summed E-state index contributed by atoms with van der Waals surface area (Å²) in [5, 5.41) is 0.0269. The summed E-state index contributed by atoms with van der Waals surface area (Å²) in [6.45, 7) is 0.656. The minimum atomic E-state index is -3.77. The lowest BCUT2D eigenvalue weighted by atomic mass is 10.2. The molecule has 100 valence electrons. The molecule has 0 aromatic heterocycles. The van der Waals surface area contributed by atoms with E-state index in [1.807, 2.05) is 0 Å². The summed E-state index contributed by atoms with van der Waals surface area (Å²) in [5.41, 5.74) is 5.55. The van der Waals surface area contributed by atoms with Crippen molar-refractivity contribution in [1.82, 2.24) is 4.31 Å². The predicted molar refractivity (Wildman–Crippen MR) is 67.4 cm³/mol. The first-order chi connectivity index (χ1) is 8.46. The Morgan fingerprint density at radius 2 is 2.22 bits per heavy atom. The molecule has 1 aliphatic heterocycles. The molecule has 0 amide bonds. The van der Waals surface area contributed by atoms with Gasteiger partial charge < -0.3 is 5.73 Å². The van der Waals surface area contributed by atoms with Gasteiger partial charge in [0.15, 0.2) is 0 Å². The average molecular weight is 293 g/mol. The van der Waals surface area contributed by atoms with Crippen LogP contribution in [-0.2, 0) is 10.0 Å². The van der Waals surface area contributed by atoms with Crippen molar-refractivity contribution in [2.24, 2.45) is 5.73 Å². The van der Waals surface area contributed by atoms with Crippen LogP contribution in [0.2, 0.25) is 5.02 Å². The van der Waals surface area contributed by atoms with E-state index in [2.05, 4.69) is 0 Å². The Balaban J connectivity index is 2.45. The van der Waals surface area contributed by atoms with Crippen molar-refractivity contribution in [3.05, 3.63) is 29.0 Å². The van der Waals surface area contributed by atoms with Gasteiger partial charge in [-0.3, -0.25) is 0 Å². The Bertz CT molecular complexity index is 550. The number of hydrogen-bond donors (Lipinski definition) is 1. The Morgan fingerprint density at radius 3 is 2.89 bits per heavy atom. The molecule has 1 saturated heterocycles. The van der Waals surface area contributed by atoms with Crippen LogP contribution in [0.5, 0.6) is 0 Å². The second kappa shape index (κ2) is 5.13. The standard InChI is InChI=1S/C11H14ClFN2O2S/c12-10-4-3-8(13)6-11(10)18(16,17)15-5-1-2-9(15)7-14/h3-4,6,9H,1-2,5,7,14H2/t9-/m0/s1. The van der Waals surface area contributed by atoms with E-state index >= 15 is 0 Å². The quantitative estimate of drug-likeness (QED) is 0.920. The van der Waals surface area contributed by atoms with Crippen LogP contribution in [0.1, 0.15) is 12.8 Å². The van der Waals surface area contributed by atoms with Gasteiger partial charge in [-0.1, -0.05) is 11.6 Å². The molecule has 2 rings (SSSR count). The number of sulfonamides is 1. The van der Waals surface area contributed by atoms with Crippen molar-refractivity contribution in [1.29, 1.82) is 0 Å². The monoisotopic (exact) mass is 292 g/mol. The summed E-state index contributed by atoms with van der Waals surface area (Å²) in [6, 6.07) is 3.10. The van der Waals surface area contributed by atoms with Crippen molar-refractivity contribution in [3.8, 4) is 0 Å². The SMILES string of the molecule is NC[C@@H]1CCCN1S(=O)(=O)c1cc(F)ccc1Cl. The zero-order valence-electron chi connectivity index (χ0n) is 9.64. The third kappa shape index (κ3) is 2.38. The van der Waals surface area contributed by atoms with Crippen LogP contribution >= 0.6 is 11.6 Å². The van der Waals surface area contributed by atoms with E-state index < -0.39 is 15.8 Å². The van der Waals surface area contributed by atoms with Crippen LogP contribution in [0.4, 0.5) is 4.39 Å². The third-order valence-corrected chi connectivity index (χ3v) is 5.51. The lowest BCUT2D eigenvalue weighted by Crippen LogP contribution is -2.39. The van der Waals surface area contributed by atoms with Gasteiger partial charge in [-0.05, 0) is 31.0 Å². The Morgan fingerprint density at radius 1 is 1.50 bits per heavy atom. The fourth-order valence-electron chi connectivity index (χ4n) is 2.16. The summed E-state index contributed by atoms with van der Waals surface area (Å²) in [7, 11) is -3.77. The second-order valence-electron chi connectivity index (χ2n) is 4.22. The molecule has 18 heavy (non-hydrogen) atoms. The smallest absolute Gasteiger partial charge is 0.244 e. The van der Waals surface area contributed by atoms with E-state index in [0.29, 0.717) is 6.54 Å². The maximum absolute atomic E-state index is 13.2. The highest BCUT2D eigenvalue weighted by atomic mass is 35.5. The van der Waals surface area contributed by atoms with Crippen LogP contribution in [0.15, 0.2) is 23.1 Å². The Kier molecular flexibility index (Phi) is 3.91. The highest BCUT2D eigenvalue weighted by Gasteiger charge is 2.35. The maximum atomic E-state index is 13.2. The summed E-state index contributed by atoms with van der Waals surface area (Å²) in [6.07, 6.45) is 1.48. The highest BCUT2D eigenvalue weighted by Crippen LogP contribution is 2.30. The lowest BCUT2D eigenvalue weighted by Gasteiger charge is -2.23. The van der Waals surface area contributed by atoms with E-state index in [1.165, 1.54) is 10.4 Å². The van der Waals surface area contributed by atoms with Crippen molar-refractivity contribution in [2.75, 3.05) is 13.1 Å². The normalized spacial score (nSPS) is 21.4. The molecule has 4 nitrogen and oxygen atoms in total. The first-order valence-corrected chi connectivity index (χ1v) is 7.45. The van der Waals surface area contributed by atoms with Crippen molar-refractivity contribution >= 4 is 21.6 Å². The van der Waals surface area contributed by atoms with Gasteiger partial charge in [0.25, 0.3) is 0 Å². The molecule has 0 aliphatic carbocycles. The first-order valence-electron chi connectivity index (χ1n) is 5.64. The van der Waals surface area contributed by atoms with Crippen LogP contribution in [0, 0.1) is 5.82 Å². The van der Waals surface area contributed by atoms with Crippen molar-refractivity contribution in [3.63, 3.8) is 0 Å². The lowest BCUT2D eigenvalue weighted by molar-refractivity contribution is 0.393. The van der Waals surface area contributed by atoms with Crippen LogP contribution < -0.4 is 5.73 Å². The van der Waals surface area contributed by atoms with E-state index in [4.69, 9.17) is 17.3 Å². The van der Waals surface area contributed by atoms with Crippen molar-refractivity contribution in [2.45, 2.75) is 23.8 Å². The summed E-state index contributed by atoms with van der Waals surface area (Å²) in [4.78, 5) is -0.190. The molecule has 0 saturated carbocycles. The zero-order valence-corrected chi connectivity index (χ0v) is 11.2. The fraction of sp³-hybridized carbons (Fsp3) is 0.455. The van der Waals surface area contributed by atoms with Gasteiger partial charge in [0.05, 0.1) is 5.02 Å². The summed E-state index contributed by atoms with van der Waals surface area (Å²) >= 11 is 5.85. The number of nitrogens with two attached hydrogens (primary N) is 1. The Hall–Kier alpha value is -0.690. The molecule has 0 radical (unpaired) electrons. The van der Waals surface area contributed by atoms with E-state index in [0.717, 1.165) is 25.0 Å². The fourth-order valence-corrected chi connectivity index (χ4v) is 4.35. The zero-order chi connectivity index (χ0) is 13.3. The second-order valence-corrected chi connectivity index (χ2v) is 6.49. The van der Waals surface area contributed by atoms with E-state index in [1.54, 1.807) is 0 Å². The summed E-state index contributed by atoms with van der Waals surface area (Å²) in [5.74, 6) is -0.624. The van der Waals surface area contributed by atoms with Crippen LogP contribution in [-0.4, -0.2) is 31.9 Å². The van der Waals surface area contributed by atoms with E-state index in [-0.39, 0.29) is 22.5 Å². The van der Waals surface area contributed by atoms with Gasteiger partial charge in [-0.2, -0.15) is 4.31 Å². The van der Waals surface area contributed by atoms with Gasteiger partial charge in [-0.25, -0.2) is 12.8 Å². The first kappa shape index (κ1) is 13.7. The van der Waals surface area contributed by atoms with E-state index in [9.17, 15) is 12.8 Å². The number of rotatable bonds is 3. The molecule has 2 N–H and O–H groups in total. The van der Waals surface area contributed by atoms with Gasteiger partial charge in [-0.15, -0.1) is 0 Å². The molecule has 1 aromatic carbocycles. The molecule has 1 fully saturated rings. The number of benzene rings is 1. The highest BCUT2D eigenvalue weighted by molar-refractivity contribution is 7.89. The molecular formula is C11H14ClFN2O2S. The topological polar surface area (TPSA) is 63.4 Å². The average Bonchev–Trinajstić information content (AvgIpc) is 2.81. The Labute approximate surface area is 111 Å². The minimum Gasteiger partial charge on any atom is -0.329 e. The molecule has 0 unspecified atom stereocenters. The number of nitrogens with zero attached hydrogens (tertiary/aromatic N) is 1. The molecule has 1 heterocycles. The van der Waals surface area contributed by atoms with Crippen LogP contribution in [0.3, 0.4) is 0 Å². The number of hydrogen-bond acceptors (Lipinski definition) is 3. The van der Waals surface area contributed by atoms with Crippen molar-refractivity contribution < 1.29 is 12.8 Å².